The van der Waals surface area contributed by atoms with Crippen LogP contribution >= 0.6 is 15.9 Å². The van der Waals surface area contributed by atoms with Crippen molar-refractivity contribution in [3.63, 3.8) is 0 Å². The maximum absolute atomic E-state index is 11.8. The van der Waals surface area contributed by atoms with Gasteiger partial charge in [0.25, 0.3) is 0 Å². The van der Waals surface area contributed by atoms with E-state index in [1.54, 1.807) is 44.8 Å². The SMILES string of the molecule is COc1cc(/C=C/C(=O)NCc2ccco2)cc(Br)c1OC. The second-order valence-electron chi connectivity index (χ2n) is 4.37. The van der Waals surface area contributed by atoms with Crippen molar-refractivity contribution in [3.05, 3.63) is 52.4 Å². The van der Waals surface area contributed by atoms with Gasteiger partial charge < -0.3 is 19.2 Å². The summed E-state index contributed by atoms with van der Waals surface area (Å²) in [5.74, 6) is 1.70. The van der Waals surface area contributed by atoms with E-state index in [2.05, 4.69) is 21.2 Å². The van der Waals surface area contributed by atoms with Crippen LogP contribution in [0.4, 0.5) is 0 Å². The zero-order valence-electron chi connectivity index (χ0n) is 12.3. The molecule has 0 bridgehead atoms. The molecule has 0 saturated heterocycles. The Kier molecular flexibility index (Phi) is 5.66. The molecule has 2 aromatic rings. The molecule has 0 radical (unpaired) electrons. The van der Waals surface area contributed by atoms with E-state index in [1.165, 1.54) is 6.08 Å². The van der Waals surface area contributed by atoms with Gasteiger partial charge >= 0.3 is 0 Å². The minimum Gasteiger partial charge on any atom is -0.493 e. The Labute approximate surface area is 137 Å². The lowest BCUT2D eigenvalue weighted by atomic mass is 10.2. The third kappa shape index (κ3) is 4.14. The second-order valence-corrected chi connectivity index (χ2v) is 5.22. The number of hydrogen-bond acceptors (Lipinski definition) is 4. The van der Waals surface area contributed by atoms with Gasteiger partial charge in [0.2, 0.25) is 5.91 Å². The minimum atomic E-state index is -0.206. The molecule has 0 aliphatic carbocycles. The summed E-state index contributed by atoms with van der Waals surface area (Å²) in [5, 5.41) is 2.73. The van der Waals surface area contributed by atoms with Crippen molar-refractivity contribution in [1.82, 2.24) is 5.32 Å². The first-order valence-electron chi connectivity index (χ1n) is 6.54. The van der Waals surface area contributed by atoms with Crippen LogP contribution in [0.15, 0.2) is 45.5 Å². The number of rotatable bonds is 6. The predicted molar refractivity (Wildman–Crippen MR) is 86.8 cm³/mol. The summed E-state index contributed by atoms with van der Waals surface area (Å²) in [5.41, 5.74) is 0.817. The topological polar surface area (TPSA) is 60.7 Å². The van der Waals surface area contributed by atoms with E-state index in [4.69, 9.17) is 13.9 Å². The van der Waals surface area contributed by atoms with Gasteiger partial charge in [-0.15, -0.1) is 0 Å². The number of methoxy groups -OCH3 is 2. The van der Waals surface area contributed by atoms with Crippen LogP contribution in [0.2, 0.25) is 0 Å². The molecule has 1 amide bonds. The number of halogens is 1. The first-order valence-corrected chi connectivity index (χ1v) is 7.33. The monoisotopic (exact) mass is 365 g/mol. The lowest BCUT2D eigenvalue weighted by molar-refractivity contribution is -0.116. The Bertz CT molecular complexity index is 665. The second kappa shape index (κ2) is 7.70. The molecule has 1 N–H and O–H groups in total. The van der Waals surface area contributed by atoms with Gasteiger partial charge in [0.15, 0.2) is 11.5 Å². The Balaban J connectivity index is 2.03. The summed E-state index contributed by atoms with van der Waals surface area (Å²) in [6.07, 6.45) is 4.72. The van der Waals surface area contributed by atoms with Crippen LogP contribution in [0.25, 0.3) is 6.08 Å². The normalized spacial score (nSPS) is 10.7. The van der Waals surface area contributed by atoms with Gasteiger partial charge in [-0.05, 0) is 51.8 Å². The van der Waals surface area contributed by atoms with E-state index < -0.39 is 0 Å². The van der Waals surface area contributed by atoms with E-state index >= 15 is 0 Å². The molecule has 0 atom stereocenters. The molecular weight excluding hydrogens is 350 g/mol. The Hall–Kier alpha value is -2.21. The molecule has 6 heteroatoms. The number of ether oxygens (including phenoxy) is 2. The summed E-state index contributed by atoms with van der Waals surface area (Å²) in [4.78, 5) is 11.8. The van der Waals surface area contributed by atoms with Crippen LogP contribution in [0, 0.1) is 0 Å². The molecule has 0 aliphatic rings. The summed E-state index contributed by atoms with van der Waals surface area (Å²) in [7, 11) is 3.13. The van der Waals surface area contributed by atoms with Crippen molar-refractivity contribution in [3.8, 4) is 11.5 Å². The Morgan fingerprint density at radius 1 is 1.36 bits per heavy atom. The van der Waals surface area contributed by atoms with Gasteiger partial charge in [-0.3, -0.25) is 4.79 Å². The third-order valence-electron chi connectivity index (χ3n) is 2.90. The number of amides is 1. The quantitative estimate of drug-likeness (QED) is 0.797. The fourth-order valence-corrected chi connectivity index (χ4v) is 2.47. The molecule has 1 aromatic carbocycles. The number of carbonyl (C=O) groups is 1. The molecule has 0 spiro atoms. The van der Waals surface area contributed by atoms with Gasteiger partial charge in [0, 0.05) is 6.08 Å². The molecule has 1 heterocycles. The maximum atomic E-state index is 11.8. The van der Waals surface area contributed by atoms with Crippen molar-refractivity contribution in [1.29, 1.82) is 0 Å². The summed E-state index contributed by atoms with van der Waals surface area (Å²) < 4.78 is 16.4. The fraction of sp³-hybridized carbons (Fsp3) is 0.188. The predicted octanol–water partition coefficient (Wildman–Crippen LogP) is 3.39. The van der Waals surface area contributed by atoms with Crippen molar-refractivity contribution >= 4 is 27.9 Å². The van der Waals surface area contributed by atoms with Crippen molar-refractivity contribution in [2.24, 2.45) is 0 Å². The molecule has 0 fully saturated rings. The summed E-state index contributed by atoms with van der Waals surface area (Å²) in [6, 6.07) is 7.21. The van der Waals surface area contributed by atoms with Gasteiger partial charge in [0.05, 0.1) is 31.5 Å². The average Bonchev–Trinajstić information content (AvgIpc) is 3.03. The third-order valence-corrected chi connectivity index (χ3v) is 3.49. The van der Waals surface area contributed by atoms with Crippen LogP contribution < -0.4 is 14.8 Å². The molecular formula is C16H16BrNO4. The molecule has 22 heavy (non-hydrogen) atoms. The molecule has 0 saturated carbocycles. The van der Waals surface area contributed by atoms with Crippen LogP contribution in [0.3, 0.4) is 0 Å². The smallest absolute Gasteiger partial charge is 0.244 e. The van der Waals surface area contributed by atoms with E-state index in [0.29, 0.717) is 23.8 Å². The number of carbonyl (C=O) groups excluding carboxylic acids is 1. The molecule has 0 aliphatic heterocycles. The number of benzene rings is 1. The lowest BCUT2D eigenvalue weighted by Crippen LogP contribution is -2.19. The molecule has 5 nitrogen and oxygen atoms in total. The van der Waals surface area contributed by atoms with Gasteiger partial charge in [-0.25, -0.2) is 0 Å². The molecule has 116 valence electrons. The fourth-order valence-electron chi connectivity index (χ4n) is 1.85. The van der Waals surface area contributed by atoms with Gasteiger partial charge in [-0.1, -0.05) is 0 Å². The summed E-state index contributed by atoms with van der Waals surface area (Å²) in [6.45, 7) is 0.353. The number of furan rings is 1. The molecule has 0 unspecified atom stereocenters. The minimum absolute atomic E-state index is 0.206. The summed E-state index contributed by atoms with van der Waals surface area (Å²) >= 11 is 3.41. The number of nitrogens with one attached hydrogen (secondary N) is 1. The standard InChI is InChI=1S/C16H16BrNO4/c1-20-14-9-11(8-13(17)16(14)21-2)5-6-15(19)18-10-12-4-3-7-22-12/h3-9H,10H2,1-2H3,(H,18,19)/b6-5+. The van der Waals surface area contributed by atoms with E-state index in [9.17, 15) is 4.79 Å². The average molecular weight is 366 g/mol. The highest BCUT2D eigenvalue weighted by Crippen LogP contribution is 2.36. The van der Waals surface area contributed by atoms with Crippen molar-refractivity contribution < 1.29 is 18.7 Å². The number of hydrogen-bond donors (Lipinski definition) is 1. The lowest BCUT2D eigenvalue weighted by Gasteiger charge is -2.10. The highest BCUT2D eigenvalue weighted by atomic mass is 79.9. The van der Waals surface area contributed by atoms with Gasteiger partial charge in [-0.2, -0.15) is 0 Å². The molecule has 2 rings (SSSR count). The zero-order chi connectivity index (χ0) is 15.9. The Morgan fingerprint density at radius 2 is 2.18 bits per heavy atom. The first-order chi connectivity index (χ1) is 10.6. The highest BCUT2D eigenvalue weighted by Gasteiger charge is 2.09. The highest BCUT2D eigenvalue weighted by molar-refractivity contribution is 9.10. The zero-order valence-corrected chi connectivity index (χ0v) is 13.8. The van der Waals surface area contributed by atoms with Crippen LogP contribution in [-0.4, -0.2) is 20.1 Å². The van der Waals surface area contributed by atoms with E-state index in [-0.39, 0.29) is 5.91 Å². The first kappa shape index (κ1) is 16.2. The van der Waals surface area contributed by atoms with Crippen LogP contribution in [-0.2, 0) is 11.3 Å². The van der Waals surface area contributed by atoms with E-state index in [0.717, 1.165) is 10.0 Å². The maximum Gasteiger partial charge on any atom is 0.244 e. The largest absolute Gasteiger partial charge is 0.493 e. The van der Waals surface area contributed by atoms with Crippen molar-refractivity contribution in [2.45, 2.75) is 6.54 Å². The Morgan fingerprint density at radius 3 is 2.82 bits per heavy atom. The van der Waals surface area contributed by atoms with Crippen LogP contribution in [0.5, 0.6) is 11.5 Å². The molecule has 1 aromatic heterocycles. The van der Waals surface area contributed by atoms with Gasteiger partial charge in [0.1, 0.15) is 5.76 Å². The van der Waals surface area contributed by atoms with Crippen LogP contribution in [0.1, 0.15) is 11.3 Å². The van der Waals surface area contributed by atoms with E-state index in [1.807, 2.05) is 6.07 Å². The van der Waals surface area contributed by atoms with Crippen molar-refractivity contribution in [2.75, 3.05) is 14.2 Å².